The molecule has 1 aliphatic heterocycles. The van der Waals surface area contributed by atoms with Crippen LogP contribution in [0.5, 0.6) is 0 Å². The number of Topliss-reactive ketones (excluding diaryl/α,β-unsaturated/α-hetero) is 1. The van der Waals surface area contributed by atoms with Gasteiger partial charge in [-0.15, -0.1) is 0 Å². The second kappa shape index (κ2) is 5.96. The fraction of sp³-hybridized carbons (Fsp3) is 0.818. The Bertz CT molecular complexity index is 260. The van der Waals surface area contributed by atoms with Gasteiger partial charge in [-0.3, -0.25) is 14.5 Å². The van der Waals surface area contributed by atoms with Gasteiger partial charge >= 0.3 is 5.97 Å². The largest absolute Gasteiger partial charge is 0.481 e. The Morgan fingerprint density at radius 1 is 1.25 bits per heavy atom. The van der Waals surface area contributed by atoms with E-state index in [0.29, 0.717) is 6.54 Å². The van der Waals surface area contributed by atoms with Crippen LogP contribution in [0.1, 0.15) is 20.3 Å². The fourth-order valence-electron chi connectivity index (χ4n) is 1.89. The van der Waals surface area contributed by atoms with Crippen LogP contribution in [0.3, 0.4) is 0 Å². The second-order valence-electron chi connectivity index (χ2n) is 4.31. The second-order valence-corrected chi connectivity index (χ2v) is 4.31. The summed E-state index contributed by atoms with van der Waals surface area (Å²) < 4.78 is 0. The molecule has 0 aliphatic carbocycles. The standard InChI is InChI=1S/C11H20N2O3/c1-9(10(2)14)13-7-5-12(6-8-13)4-3-11(15)16/h9H,3-8H2,1-2H3,(H,15,16). The minimum Gasteiger partial charge on any atom is -0.481 e. The van der Waals surface area contributed by atoms with Crippen LogP contribution in [0.15, 0.2) is 0 Å². The predicted molar refractivity (Wildman–Crippen MR) is 60.4 cm³/mol. The number of piperazine rings is 1. The number of nitrogens with zero attached hydrogens (tertiary/aromatic N) is 2. The minimum absolute atomic E-state index is 0.0124. The normalized spacial score (nSPS) is 20.6. The summed E-state index contributed by atoms with van der Waals surface area (Å²) in [6.45, 7) is 7.55. The van der Waals surface area contributed by atoms with Crippen molar-refractivity contribution in [2.45, 2.75) is 26.3 Å². The molecular weight excluding hydrogens is 208 g/mol. The van der Waals surface area contributed by atoms with E-state index < -0.39 is 5.97 Å². The van der Waals surface area contributed by atoms with Crippen LogP contribution in [0, 0.1) is 0 Å². The van der Waals surface area contributed by atoms with Crippen molar-refractivity contribution in [2.24, 2.45) is 0 Å². The quantitative estimate of drug-likeness (QED) is 0.721. The fourth-order valence-corrected chi connectivity index (χ4v) is 1.89. The first-order chi connectivity index (χ1) is 7.50. The summed E-state index contributed by atoms with van der Waals surface area (Å²) in [6, 6.07) is -0.0124. The summed E-state index contributed by atoms with van der Waals surface area (Å²) in [5.74, 6) is -0.557. The van der Waals surface area contributed by atoms with Crippen molar-refractivity contribution in [1.29, 1.82) is 0 Å². The molecule has 0 spiro atoms. The van der Waals surface area contributed by atoms with Crippen LogP contribution in [0.25, 0.3) is 0 Å². The van der Waals surface area contributed by atoms with E-state index >= 15 is 0 Å². The van der Waals surface area contributed by atoms with E-state index in [1.807, 2.05) is 6.92 Å². The predicted octanol–water partition coefficient (Wildman–Crippen LogP) is 0.0562. The van der Waals surface area contributed by atoms with Crippen molar-refractivity contribution in [3.8, 4) is 0 Å². The molecule has 1 fully saturated rings. The van der Waals surface area contributed by atoms with Gasteiger partial charge in [-0.05, 0) is 13.8 Å². The van der Waals surface area contributed by atoms with E-state index in [0.717, 1.165) is 26.2 Å². The molecular formula is C11H20N2O3. The van der Waals surface area contributed by atoms with Crippen LogP contribution in [-0.4, -0.2) is 65.4 Å². The van der Waals surface area contributed by atoms with Crippen molar-refractivity contribution in [3.63, 3.8) is 0 Å². The lowest BCUT2D eigenvalue weighted by Gasteiger charge is -2.36. The summed E-state index contributed by atoms with van der Waals surface area (Å²) in [4.78, 5) is 25.9. The van der Waals surface area contributed by atoms with Crippen LogP contribution < -0.4 is 0 Å². The van der Waals surface area contributed by atoms with Crippen molar-refractivity contribution in [2.75, 3.05) is 32.7 Å². The van der Waals surface area contributed by atoms with Crippen LogP contribution in [0.4, 0.5) is 0 Å². The van der Waals surface area contributed by atoms with E-state index in [1.54, 1.807) is 6.92 Å². The highest BCUT2D eigenvalue weighted by Gasteiger charge is 2.23. The third-order valence-corrected chi connectivity index (χ3v) is 3.18. The van der Waals surface area contributed by atoms with Gasteiger partial charge in [0.2, 0.25) is 0 Å². The van der Waals surface area contributed by atoms with Crippen molar-refractivity contribution in [3.05, 3.63) is 0 Å². The van der Waals surface area contributed by atoms with Gasteiger partial charge in [0.25, 0.3) is 0 Å². The molecule has 1 unspecified atom stereocenters. The van der Waals surface area contributed by atoms with Gasteiger partial charge in [-0.1, -0.05) is 0 Å². The van der Waals surface area contributed by atoms with Gasteiger partial charge in [0.15, 0.2) is 0 Å². The zero-order valence-electron chi connectivity index (χ0n) is 9.98. The topological polar surface area (TPSA) is 60.9 Å². The zero-order valence-corrected chi connectivity index (χ0v) is 9.98. The third-order valence-electron chi connectivity index (χ3n) is 3.18. The SMILES string of the molecule is CC(=O)C(C)N1CCN(CCC(=O)O)CC1. The lowest BCUT2D eigenvalue weighted by molar-refractivity contribution is -0.137. The molecule has 0 aromatic heterocycles. The smallest absolute Gasteiger partial charge is 0.304 e. The number of rotatable bonds is 5. The Kier molecular flexibility index (Phi) is 4.89. The van der Waals surface area contributed by atoms with Crippen LogP contribution in [0.2, 0.25) is 0 Å². The summed E-state index contributed by atoms with van der Waals surface area (Å²) in [6.07, 6.45) is 0.197. The Morgan fingerprint density at radius 2 is 1.81 bits per heavy atom. The average molecular weight is 228 g/mol. The van der Waals surface area contributed by atoms with Gasteiger partial charge < -0.3 is 10.0 Å². The Labute approximate surface area is 96.0 Å². The minimum atomic E-state index is -0.750. The number of ketones is 1. The highest BCUT2D eigenvalue weighted by molar-refractivity contribution is 5.80. The average Bonchev–Trinajstić information content (AvgIpc) is 2.26. The number of carbonyl (C=O) groups excluding carboxylic acids is 1. The Hall–Kier alpha value is -0.940. The molecule has 5 heteroatoms. The molecule has 0 radical (unpaired) electrons. The summed E-state index contributed by atoms with van der Waals surface area (Å²) in [7, 11) is 0. The molecule has 1 atom stereocenters. The molecule has 0 aromatic carbocycles. The summed E-state index contributed by atoms with van der Waals surface area (Å²) >= 11 is 0. The third kappa shape index (κ3) is 3.90. The molecule has 5 nitrogen and oxygen atoms in total. The van der Waals surface area contributed by atoms with Crippen LogP contribution >= 0.6 is 0 Å². The highest BCUT2D eigenvalue weighted by Crippen LogP contribution is 2.07. The summed E-state index contributed by atoms with van der Waals surface area (Å²) in [5.41, 5.74) is 0. The molecule has 1 N–H and O–H groups in total. The molecule has 0 aromatic rings. The molecule has 1 heterocycles. The van der Waals surface area contributed by atoms with Crippen molar-refractivity contribution < 1.29 is 14.7 Å². The summed E-state index contributed by atoms with van der Waals surface area (Å²) in [5, 5.41) is 8.58. The molecule has 0 amide bonds. The van der Waals surface area contributed by atoms with E-state index in [2.05, 4.69) is 9.80 Å². The number of carbonyl (C=O) groups is 2. The maximum absolute atomic E-state index is 11.2. The first-order valence-corrected chi connectivity index (χ1v) is 5.69. The maximum atomic E-state index is 11.2. The zero-order chi connectivity index (χ0) is 12.1. The Morgan fingerprint density at radius 3 is 2.25 bits per heavy atom. The maximum Gasteiger partial charge on any atom is 0.304 e. The van der Waals surface area contributed by atoms with E-state index in [4.69, 9.17) is 5.11 Å². The van der Waals surface area contributed by atoms with Gasteiger partial charge in [0.05, 0.1) is 12.5 Å². The first kappa shape index (κ1) is 13.1. The van der Waals surface area contributed by atoms with Gasteiger partial charge in [0.1, 0.15) is 5.78 Å². The molecule has 1 saturated heterocycles. The van der Waals surface area contributed by atoms with Gasteiger partial charge in [-0.2, -0.15) is 0 Å². The van der Waals surface area contributed by atoms with Crippen LogP contribution in [-0.2, 0) is 9.59 Å². The molecule has 1 rings (SSSR count). The molecule has 0 saturated carbocycles. The number of carboxylic acids is 1. The molecule has 0 bridgehead atoms. The monoisotopic (exact) mass is 228 g/mol. The number of carboxylic acid groups (broad SMARTS) is 1. The number of hydrogen-bond donors (Lipinski definition) is 1. The lowest BCUT2D eigenvalue weighted by atomic mass is 10.1. The molecule has 16 heavy (non-hydrogen) atoms. The number of hydrogen-bond acceptors (Lipinski definition) is 4. The number of aliphatic carboxylic acids is 1. The first-order valence-electron chi connectivity index (χ1n) is 5.69. The molecule has 92 valence electrons. The van der Waals surface area contributed by atoms with Crippen molar-refractivity contribution >= 4 is 11.8 Å². The van der Waals surface area contributed by atoms with E-state index in [1.165, 1.54) is 0 Å². The lowest BCUT2D eigenvalue weighted by Crippen LogP contribution is -2.51. The van der Waals surface area contributed by atoms with Crippen molar-refractivity contribution in [1.82, 2.24) is 9.80 Å². The molecule has 1 aliphatic rings. The van der Waals surface area contributed by atoms with Gasteiger partial charge in [-0.25, -0.2) is 0 Å². The van der Waals surface area contributed by atoms with E-state index in [9.17, 15) is 9.59 Å². The Balaban J connectivity index is 2.28. The highest BCUT2D eigenvalue weighted by atomic mass is 16.4. The van der Waals surface area contributed by atoms with Gasteiger partial charge in [0, 0.05) is 32.7 Å². The van der Waals surface area contributed by atoms with E-state index in [-0.39, 0.29) is 18.2 Å².